The number of benzene rings is 2. The average Bonchev–Trinajstić information content (AvgIpc) is 2.46. The molecule has 1 N–H and O–H groups in total. The second-order valence-electron chi connectivity index (χ2n) is 4.52. The molecule has 0 aromatic heterocycles. The Morgan fingerprint density at radius 2 is 1.76 bits per heavy atom. The van der Waals surface area contributed by atoms with Crippen molar-refractivity contribution in [3.63, 3.8) is 0 Å². The lowest BCUT2D eigenvalue weighted by molar-refractivity contribution is 0.0697. The SMILES string of the molecule is COc1ccc(-c2ccc(C)cc2C(=O)O)c(OC)c1Br. The Morgan fingerprint density at radius 1 is 1.10 bits per heavy atom. The Balaban J connectivity index is 2.73. The van der Waals surface area contributed by atoms with E-state index in [1.807, 2.05) is 13.0 Å². The third-order valence-electron chi connectivity index (χ3n) is 3.18. The molecule has 2 rings (SSSR count). The zero-order chi connectivity index (χ0) is 15.6. The number of aromatic carboxylic acids is 1. The largest absolute Gasteiger partial charge is 0.495 e. The van der Waals surface area contributed by atoms with E-state index in [-0.39, 0.29) is 5.56 Å². The highest BCUT2D eigenvalue weighted by atomic mass is 79.9. The number of carboxylic acids is 1. The molecule has 0 saturated heterocycles. The van der Waals surface area contributed by atoms with Crippen LogP contribution in [0.4, 0.5) is 0 Å². The van der Waals surface area contributed by atoms with Gasteiger partial charge in [-0.2, -0.15) is 0 Å². The zero-order valence-corrected chi connectivity index (χ0v) is 13.5. The first kappa shape index (κ1) is 15.4. The quantitative estimate of drug-likeness (QED) is 0.900. The van der Waals surface area contributed by atoms with Crippen LogP contribution in [0, 0.1) is 6.92 Å². The maximum absolute atomic E-state index is 11.5. The van der Waals surface area contributed by atoms with Gasteiger partial charge in [0.2, 0.25) is 0 Å². The van der Waals surface area contributed by atoms with Crippen LogP contribution in [0.2, 0.25) is 0 Å². The molecule has 0 heterocycles. The highest BCUT2D eigenvalue weighted by Gasteiger charge is 2.19. The van der Waals surface area contributed by atoms with Gasteiger partial charge in [-0.15, -0.1) is 0 Å². The molecule has 0 aliphatic heterocycles. The molecule has 0 aliphatic carbocycles. The van der Waals surface area contributed by atoms with Gasteiger partial charge in [-0.3, -0.25) is 0 Å². The maximum atomic E-state index is 11.5. The topological polar surface area (TPSA) is 55.8 Å². The normalized spacial score (nSPS) is 10.3. The van der Waals surface area contributed by atoms with E-state index >= 15 is 0 Å². The number of hydrogen-bond acceptors (Lipinski definition) is 3. The van der Waals surface area contributed by atoms with E-state index in [1.165, 1.54) is 7.11 Å². The summed E-state index contributed by atoms with van der Waals surface area (Å²) in [5.41, 5.74) is 2.43. The number of aryl methyl sites for hydroxylation is 1. The fraction of sp³-hybridized carbons (Fsp3) is 0.188. The fourth-order valence-corrected chi connectivity index (χ4v) is 2.85. The van der Waals surface area contributed by atoms with Gasteiger partial charge >= 0.3 is 5.97 Å². The minimum atomic E-state index is -0.970. The summed E-state index contributed by atoms with van der Waals surface area (Å²) in [5.74, 6) is 0.197. The van der Waals surface area contributed by atoms with E-state index in [9.17, 15) is 9.90 Å². The summed E-state index contributed by atoms with van der Waals surface area (Å²) in [5, 5.41) is 9.41. The lowest BCUT2D eigenvalue weighted by Gasteiger charge is -2.15. The van der Waals surface area contributed by atoms with Gasteiger partial charge in [0.1, 0.15) is 16.0 Å². The monoisotopic (exact) mass is 350 g/mol. The molecule has 0 spiro atoms. The molecular formula is C16H15BrO4. The Bertz CT molecular complexity index is 695. The molecule has 0 atom stereocenters. The van der Waals surface area contributed by atoms with Crippen LogP contribution in [-0.4, -0.2) is 25.3 Å². The summed E-state index contributed by atoms with van der Waals surface area (Å²) in [6.45, 7) is 1.86. The summed E-state index contributed by atoms with van der Waals surface area (Å²) in [6.07, 6.45) is 0. The van der Waals surface area contributed by atoms with E-state index in [4.69, 9.17) is 9.47 Å². The second-order valence-corrected chi connectivity index (χ2v) is 5.31. The molecule has 0 fully saturated rings. The summed E-state index contributed by atoms with van der Waals surface area (Å²) < 4.78 is 11.3. The van der Waals surface area contributed by atoms with Crippen molar-refractivity contribution in [3.05, 3.63) is 45.9 Å². The molecule has 21 heavy (non-hydrogen) atoms. The molecule has 5 heteroatoms. The van der Waals surface area contributed by atoms with Crippen molar-refractivity contribution in [1.29, 1.82) is 0 Å². The van der Waals surface area contributed by atoms with Crippen LogP contribution in [0.15, 0.2) is 34.8 Å². The molecule has 0 radical (unpaired) electrons. The number of methoxy groups -OCH3 is 2. The Labute approximate surface area is 131 Å². The number of carbonyl (C=O) groups is 1. The van der Waals surface area contributed by atoms with Crippen LogP contribution < -0.4 is 9.47 Å². The molecule has 2 aromatic rings. The van der Waals surface area contributed by atoms with Gasteiger partial charge in [0.25, 0.3) is 0 Å². The molecule has 0 amide bonds. The van der Waals surface area contributed by atoms with Crippen LogP contribution in [-0.2, 0) is 0 Å². The predicted molar refractivity (Wildman–Crippen MR) is 84.4 cm³/mol. The first-order valence-corrected chi connectivity index (χ1v) is 7.03. The van der Waals surface area contributed by atoms with Crippen molar-refractivity contribution in [2.45, 2.75) is 6.92 Å². The molecule has 0 saturated carbocycles. The summed E-state index contributed by atoms with van der Waals surface area (Å²) in [6, 6.07) is 8.87. The van der Waals surface area contributed by atoms with E-state index in [0.29, 0.717) is 27.1 Å². The molecule has 110 valence electrons. The number of halogens is 1. The summed E-state index contributed by atoms with van der Waals surface area (Å²) in [7, 11) is 3.10. The Morgan fingerprint density at radius 3 is 2.33 bits per heavy atom. The molecular weight excluding hydrogens is 336 g/mol. The highest BCUT2D eigenvalue weighted by molar-refractivity contribution is 9.10. The van der Waals surface area contributed by atoms with E-state index in [0.717, 1.165) is 5.56 Å². The van der Waals surface area contributed by atoms with Crippen molar-refractivity contribution >= 4 is 21.9 Å². The van der Waals surface area contributed by atoms with Crippen molar-refractivity contribution < 1.29 is 19.4 Å². The van der Waals surface area contributed by atoms with E-state index in [1.54, 1.807) is 31.4 Å². The summed E-state index contributed by atoms with van der Waals surface area (Å²) in [4.78, 5) is 11.5. The van der Waals surface area contributed by atoms with Crippen LogP contribution in [0.1, 0.15) is 15.9 Å². The minimum absolute atomic E-state index is 0.241. The third kappa shape index (κ3) is 2.88. The smallest absolute Gasteiger partial charge is 0.336 e. The first-order chi connectivity index (χ1) is 9.99. The number of carboxylic acid groups (broad SMARTS) is 1. The Hall–Kier alpha value is -2.01. The van der Waals surface area contributed by atoms with Crippen molar-refractivity contribution in [2.75, 3.05) is 14.2 Å². The molecule has 0 bridgehead atoms. The van der Waals surface area contributed by atoms with Gasteiger partial charge in [0.15, 0.2) is 0 Å². The number of ether oxygens (including phenoxy) is 2. The molecule has 4 nitrogen and oxygen atoms in total. The van der Waals surface area contributed by atoms with Gasteiger partial charge in [-0.1, -0.05) is 17.7 Å². The highest BCUT2D eigenvalue weighted by Crippen LogP contribution is 2.43. The van der Waals surface area contributed by atoms with Gasteiger partial charge in [-0.25, -0.2) is 4.79 Å². The van der Waals surface area contributed by atoms with Crippen molar-refractivity contribution in [1.82, 2.24) is 0 Å². The van der Waals surface area contributed by atoms with Gasteiger partial charge in [-0.05, 0) is 46.6 Å². The van der Waals surface area contributed by atoms with E-state index in [2.05, 4.69) is 15.9 Å². The van der Waals surface area contributed by atoms with Gasteiger partial charge in [0.05, 0.1) is 19.8 Å². The molecule has 2 aromatic carbocycles. The molecule has 0 aliphatic rings. The maximum Gasteiger partial charge on any atom is 0.336 e. The van der Waals surface area contributed by atoms with Crippen LogP contribution in [0.5, 0.6) is 11.5 Å². The van der Waals surface area contributed by atoms with Crippen molar-refractivity contribution in [3.8, 4) is 22.6 Å². The lowest BCUT2D eigenvalue weighted by atomic mass is 9.97. The number of rotatable bonds is 4. The Kier molecular flexibility index (Phi) is 4.53. The molecule has 0 unspecified atom stereocenters. The minimum Gasteiger partial charge on any atom is -0.495 e. The third-order valence-corrected chi connectivity index (χ3v) is 3.93. The fourth-order valence-electron chi connectivity index (χ4n) is 2.18. The number of hydrogen-bond donors (Lipinski definition) is 1. The van der Waals surface area contributed by atoms with Crippen LogP contribution >= 0.6 is 15.9 Å². The zero-order valence-electron chi connectivity index (χ0n) is 11.9. The van der Waals surface area contributed by atoms with Crippen molar-refractivity contribution in [2.24, 2.45) is 0 Å². The summed E-state index contributed by atoms with van der Waals surface area (Å²) >= 11 is 3.43. The average molecular weight is 351 g/mol. The second kappa shape index (κ2) is 6.18. The van der Waals surface area contributed by atoms with Crippen LogP contribution in [0.25, 0.3) is 11.1 Å². The van der Waals surface area contributed by atoms with Crippen LogP contribution in [0.3, 0.4) is 0 Å². The van der Waals surface area contributed by atoms with Gasteiger partial charge in [0, 0.05) is 5.56 Å². The van der Waals surface area contributed by atoms with E-state index < -0.39 is 5.97 Å². The standard InChI is InChI=1S/C16H15BrO4/c1-9-4-5-10(12(8-9)16(18)19)11-6-7-13(20-2)14(17)15(11)21-3/h4-8H,1-3H3,(H,18,19). The predicted octanol–water partition coefficient (Wildman–Crippen LogP) is 4.14. The first-order valence-electron chi connectivity index (χ1n) is 6.24. The van der Waals surface area contributed by atoms with Gasteiger partial charge < -0.3 is 14.6 Å². The lowest BCUT2D eigenvalue weighted by Crippen LogP contribution is -2.01.